The van der Waals surface area contributed by atoms with Crippen molar-refractivity contribution in [3.8, 4) is 11.9 Å². The lowest BCUT2D eigenvalue weighted by Crippen LogP contribution is -2.20. The first kappa shape index (κ1) is 16.3. The molecule has 1 aliphatic rings. The Bertz CT molecular complexity index is 777. The second-order valence-electron chi connectivity index (χ2n) is 4.97. The monoisotopic (exact) mass is 326 g/mol. The molecule has 2 heterocycles. The molecule has 0 saturated heterocycles. The molecule has 1 aromatic heterocycles. The van der Waals surface area contributed by atoms with Crippen molar-refractivity contribution < 1.29 is 17.9 Å². The van der Waals surface area contributed by atoms with Gasteiger partial charge in [0.25, 0.3) is 11.6 Å². The van der Waals surface area contributed by atoms with Crippen molar-refractivity contribution in [1.29, 1.82) is 0 Å². The fraction of sp³-hybridized carbons (Fsp3) is 0.429. The first-order valence-corrected chi connectivity index (χ1v) is 8.88. The molecular formula is C14H18N2O5S. The minimum absolute atomic E-state index is 0.00223. The van der Waals surface area contributed by atoms with E-state index in [4.69, 9.17) is 9.47 Å². The Morgan fingerprint density at radius 3 is 2.82 bits per heavy atom. The second-order valence-corrected chi connectivity index (χ2v) is 7.23. The van der Waals surface area contributed by atoms with E-state index in [9.17, 15) is 13.2 Å². The number of fused-ring (bicyclic) bond motifs is 1. The van der Waals surface area contributed by atoms with E-state index in [0.717, 1.165) is 11.8 Å². The smallest absolute Gasteiger partial charge is 0.299 e. The van der Waals surface area contributed by atoms with Gasteiger partial charge in [0, 0.05) is 6.26 Å². The summed E-state index contributed by atoms with van der Waals surface area (Å²) in [6, 6.07) is 0.00223. The van der Waals surface area contributed by atoms with Gasteiger partial charge >= 0.3 is 0 Å². The molecular weight excluding hydrogens is 308 g/mol. The maximum Gasteiger partial charge on any atom is 0.299 e. The quantitative estimate of drug-likeness (QED) is 0.791. The predicted molar refractivity (Wildman–Crippen MR) is 82.7 cm³/mol. The Labute approximate surface area is 128 Å². The average molecular weight is 326 g/mol. The molecule has 1 aliphatic heterocycles. The van der Waals surface area contributed by atoms with Gasteiger partial charge in [0.2, 0.25) is 5.88 Å². The molecule has 0 amide bonds. The van der Waals surface area contributed by atoms with Gasteiger partial charge in [-0.05, 0) is 24.5 Å². The van der Waals surface area contributed by atoms with Gasteiger partial charge in [-0.1, -0.05) is 13.5 Å². The van der Waals surface area contributed by atoms with Crippen LogP contribution in [0.25, 0.3) is 5.57 Å². The number of nitrogens with zero attached hydrogens (tertiary/aromatic N) is 1. The number of ether oxygens (including phenoxy) is 2. The highest BCUT2D eigenvalue weighted by molar-refractivity contribution is 7.90. The largest absolute Gasteiger partial charge is 0.465 e. The van der Waals surface area contributed by atoms with Crippen LogP contribution in [0.1, 0.15) is 25.3 Å². The highest BCUT2D eigenvalue weighted by atomic mass is 32.2. The topological polar surface area (TPSA) is 98.4 Å². The van der Waals surface area contributed by atoms with Gasteiger partial charge in [-0.3, -0.25) is 9.78 Å². The number of allylic oxidation sites excluding steroid dienone is 2. The number of aromatic amines is 1. The minimum atomic E-state index is -3.04. The lowest BCUT2D eigenvalue weighted by atomic mass is 10.0. The summed E-state index contributed by atoms with van der Waals surface area (Å²) in [7, 11) is -3.04. The van der Waals surface area contributed by atoms with E-state index >= 15 is 0 Å². The summed E-state index contributed by atoms with van der Waals surface area (Å²) in [4.78, 5) is 18.8. The van der Waals surface area contributed by atoms with Gasteiger partial charge in [0.1, 0.15) is 21.2 Å². The number of aromatic nitrogens is 2. The summed E-state index contributed by atoms with van der Waals surface area (Å²) >= 11 is 0. The van der Waals surface area contributed by atoms with E-state index < -0.39 is 9.84 Å². The number of hydrogen-bond donors (Lipinski definition) is 1. The van der Waals surface area contributed by atoms with Crippen LogP contribution in [0.5, 0.6) is 11.9 Å². The van der Waals surface area contributed by atoms with Gasteiger partial charge in [0.15, 0.2) is 0 Å². The number of H-pyrrole nitrogens is 1. The van der Waals surface area contributed by atoms with Crippen LogP contribution in [0, 0.1) is 0 Å². The SMILES string of the molecule is C=C1C=C(CC)c2c(nc(OCCCS(C)(=O)=O)[nH]c2=O)O1. The molecule has 1 N–H and O–H groups in total. The molecule has 0 bridgehead atoms. The van der Waals surface area contributed by atoms with E-state index in [1.807, 2.05) is 6.92 Å². The van der Waals surface area contributed by atoms with E-state index in [-0.39, 0.29) is 29.8 Å². The van der Waals surface area contributed by atoms with Crippen molar-refractivity contribution in [2.45, 2.75) is 19.8 Å². The summed E-state index contributed by atoms with van der Waals surface area (Å²) in [6.45, 7) is 5.77. The fourth-order valence-corrected chi connectivity index (χ4v) is 2.69. The Hall–Kier alpha value is -2.09. The van der Waals surface area contributed by atoms with Crippen molar-refractivity contribution >= 4 is 15.4 Å². The number of nitrogens with one attached hydrogen (secondary N) is 1. The Morgan fingerprint density at radius 2 is 2.18 bits per heavy atom. The lowest BCUT2D eigenvalue weighted by molar-refractivity contribution is 0.285. The molecule has 2 rings (SSSR count). The molecule has 0 saturated carbocycles. The first-order chi connectivity index (χ1) is 10.3. The maximum absolute atomic E-state index is 12.1. The van der Waals surface area contributed by atoms with Crippen LogP contribution in [-0.2, 0) is 9.84 Å². The molecule has 0 unspecified atom stereocenters. The predicted octanol–water partition coefficient (Wildman–Crippen LogP) is 1.28. The van der Waals surface area contributed by atoms with E-state index in [1.165, 1.54) is 0 Å². The van der Waals surface area contributed by atoms with Crippen LogP contribution >= 0.6 is 0 Å². The molecule has 8 heteroatoms. The third-order valence-electron chi connectivity index (χ3n) is 3.03. The molecule has 0 fully saturated rings. The maximum atomic E-state index is 12.1. The van der Waals surface area contributed by atoms with E-state index in [1.54, 1.807) is 6.08 Å². The van der Waals surface area contributed by atoms with Crippen LogP contribution < -0.4 is 15.0 Å². The molecule has 0 spiro atoms. The molecule has 22 heavy (non-hydrogen) atoms. The zero-order chi connectivity index (χ0) is 16.3. The molecule has 7 nitrogen and oxygen atoms in total. The third kappa shape index (κ3) is 3.97. The highest BCUT2D eigenvalue weighted by Gasteiger charge is 2.21. The number of hydrogen-bond acceptors (Lipinski definition) is 6. The van der Waals surface area contributed by atoms with Crippen LogP contribution in [0.4, 0.5) is 0 Å². The van der Waals surface area contributed by atoms with Crippen molar-refractivity contribution in [3.63, 3.8) is 0 Å². The van der Waals surface area contributed by atoms with Gasteiger partial charge < -0.3 is 9.47 Å². The lowest BCUT2D eigenvalue weighted by Gasteiger charge is -2.17. The van der Waals surface area contributed by atoms with Crippen LogP contribution in [0.3, 0.4) is 0 Å². The number of rotatable bonds is 6. The van der Waals surface area contributed by atoms with E-state index in [0.29, 0.717) is 24.2 Å². The highest BCUT2D eigenvalue weighted by Crippen LogP contribution is 2.30. The molecule has 0 aromatic carbocycles. The Morgan fingerprint density at radius 1 is 1.45 bits per heavy atom. The minimum Gasteiger partial charge on any atom is -0.465 e. The van der Waals surface area contributed by atoms with Gasteiger partial charge in [0.05, 0.1) is 12.4 Å². The van der Waals surface area contributed by atoms with Crippen LogP contribution in [-0.4, -0.2) is 37.0 Å². The van der Waals surface area contributed by atoms with Crippen LogP contribution in [0.2, 0.25) is 0 Å². The standard InChI is InChI=1S/C14H18N2O5S/c1-4-10-8-9(2)21-13-11(10)12(17)15-14(16-13)20-6-5-7-22(3,18)19/h8H,2,4-7H2,1,3H3,(H,15,16,17). The van der Waals surface area contributed by atoms with Crippen molar-refractivity contribution in [3.05, 3.63) is 34.3 Å². The molecule has 0 aliphatic carbocycles. The van der Waals surface area contributed by atoms with Crippen molar-refractivity contribution in [1.82, 2.24) is 9.97 Å². The van der Waals surface area contributed by atoms with Gasteiger partial charge in [-0.15, -0.1) is 0 Å². The molecule has 1 aromatic rings. The van der Waals surface area contributed by atoms with Gasteiger partial charge in [-0.2, -0.15) is 4.98 Å². The zero-order valence-corrected chi connectivity index (χ0v) is 13.3. The molecule has 0 atom stereocenters. The van der Waals surface area contributed by atoms with Crippen molar-refractivity contribution in [2.75, 3.05) is 18.6 Å². The van der Waals surface area contributed by atoms with E-state index in [2.05, 4.69) is 16.5 Å². The summed E-state index contributed by atoms with van der Waals surface area (Å²) in [6.07, 6.45) is 3.82. The van der Waals surface area contributed by atoms with Gasteiger partial charge in [-0.25, -0.2) is 8.42 Å². The summed E-state index contributed by atoms with van der Waals surface area (Å²) in [5, 5.41) is 0. The average Bonchev–Trinajstić information content (AvgIpc) is 2.41. The third-order valence-corrected chi connectivity index (χ3v) is 4.06. The zero-order valence-electron chi connectivity index (χ0n) is 12.5. The summed E-state index contributed by atoms with van der Waals surface area (Å²) in [5.41, 5.74) is 0.811. The number of sulfone groups is 1. The molecule has 120 valence electrons. The normalized spacial score (nSPS) is 14.1. The van der Waals surface area contributed by atoms with Crippen molar-refractivity contribution in [2.24, 2.45) is 0 Å². The summed E-state index contributed by atoms with van der Waals surface area (Å²) < 4.78 is 32.7. The van der Waals surface area contributed by atoms with Crippen LogP contribution in [0.15, 0.2) is 23.2 Å². The summed E-state index contributed by atoms with van der Waals surface area (Å²) in [5.74, 6) is 0.578. The Balaban J connectivity index is 2.15. The Kier molecular flexibility index (Phi) is 4.70. The fourth-order valence-electron chi connectivity index (χ4n) is 2.05. The molecule has 0 radical (unpaired) electrons. The first-order valence-electron chi connectivity index (χ1n) is 6.82. The second kappa shape index (κ2) is 6.35.